The van der Waals surface area contributed by atoms with Crippen LogP contribution < -0.4 is 10.2 Å². The second-order valence-electron chi connectivity index (χ2n) is 6.38. The van der Waals surface area contributed by atoms with E-state index in [2.05, 4.69) is 12.2 Å². The van der Waals surface area contributed by atoms with Crippen molar-refractivity contribution in [3.8, 4) is 0 Å². The zero-order chi connectivity index (χ0) is 15.2. The Kier molecular flexibility index (Phi) is 3.27. The van der Waals surface area contributed by atoms with E-state index in [-0.39, 0.29) is 23.8 Å². The van der Waals surface area contributed by atoms with Gasteiger partial charge in [0, 0.05) is 6.04 Å². The maximum absolute atomic E-state index is 13.2. The third-order valence-electron chi connectivity index (χ3n) is 4.87. The zero-order valence-corrected chi connectivity index (χ0v) is 12.8. The molecule has 4 nitrogen and oxygen atoms in total. The van der Waals surface area contributed by atoms with E-state index in [1.807, 2.05) is 36.9 Å². The number of benzene rings is 1. The third kappa shape index (κ3) is 2.13. The second-order valence-corrected chi connectivity index (χ2v) is 6.38. The summed E-state index contributed by atoms with van der Waals surface area (Å²) in [7, 11) is 0. The largest absolute Gasteiger partial charge is 0.338 e. The molecular formula is C17H22N2O2. The van der Waals surface area contributed by atoms with E-state index in [0.717, 1.165) is 24.9 Å². The SMILES string of the molecule is CCC(C)N1C(=O)C(C)(C2CC2)NC(=O)c2ccccc21. The minimum atomic E-state index is -0.778. The molecule has 2 unspecified atom stereocenters. The maximum atomic E-state index is 13.2. The molecule has 1 aliphatic heterocycles. The van der Waals surface area contributed by atoms with Crippen LogP contribution in [0.5, 0.6) is 0 Å². The van der Waals surface area contributed by atoms with Crippen molar-refractivity contribution in [2.75, 3.05) is 4.90 Å². The molecule has 2 atom stereocenters. The molecule has 0 radical (unpaired) electrons. The van der Waals surface area contributed by atoms with E-state index in [4.69, 9.17) is 0 Å². The van der Waals surface area contributed by atoms with Gasteiger partial charge in [0.15, 0.2) is 0 Å². The fraction of sp³-hybridized carbons (Fsp3) is 0.529. The topological polar surface area (TPSA) is 49.4 Å². The number of rotatable bonds is 3. The number of amides is 2. The lowest BCUT2D eigenvalue weighted by atomic mass is 9.93. The first-order chi connectivity index (χ1) is 9.99. The molecule has 1 aromatic carbocycles. The van der Waals surface area contributed by atoms with Crippen molar-refractivity contribution >= 4 is 17.5 Å². The van der Waals surface area contributed by atoms with Crippen LogP contribution in [0.25, 0.3) is 0 Å². The van der Waals surface area contributed by atoms with Crippen LogP contribution in [0, 0.1) is 5.92 Å². The number of carbonyl (C=O) groups is 2. The van der Waals surface area contributed by atoms with Crippen LogP contribution in [-0.2, 0) is 4.79 Å². The summed E-state index contributed by atoms with van der Waals surface area (Å²) in [6, 6.07) is 7.47. The number of nitrogens with one attached hydrogen (secondary N) is 1. The predicted molar refractivity (Wildman–Crippen MR) is 82.3 cm³/mol. The van der Waals surface area contributed by atoms with E-state index < -0.39 is 5.54 Å². The molecule has 3 rings (SSSR count). The van der Waals surface area contributed by atoms with Gasteiger partial charge in [-0.05, 0) is 51.2 Å². The van der Waals surface area contributed by atoms with Crippen LogP contribution in [0.4, 0.5) is 5.69 Å². The fourth-order valence-electron chi connectivity index (χ4n) is 3.15. The molecule has 2 amide bonds. The molecule has 0 aromatic heterocycles. The number of carbonyl (C=O) groups excluding carboxylic acids is 2. The minimum Gasteiger partial charge on any atom is -0.338 e. The highest BCUT2D eigenvalue weighted by atomic mass is 16.2. The summed E-state index contributed by atoms with van der Waals surface area (Å²) in [4.78, 5) is 27.6. The third-order valence-corrected chi connectivity index (χ3v) is 4.87. The Morgan fingerprint density at radius 2 is 2.00 bits per heavy atom. The van der Waals surface area contributed by atoms with Crippen molar-refractivity contribution in [2.24, 2.45) is 5.92 Å². The molecule has 0 spiro atoms. The predicted octanol–water partition coefficient (Wildman–Crippen LogP) is 2.73. The Morgan fingerprint density at radius 3 is 2.62 bits per heavy atom. The molecule has 112 valence electrons. The lowest BCUT2D eigenvalue weighted by Crippen LogP contribution is -2.59. The van der Waals surface area contributed by atoms with Crippen molar-refractivity contribution in [1.82, 2.24) is 5.32 Å². The number of hydrogen-bond donors (Lipinski definition) is 1. The van der Waals surface area contributed by atoms with Gasteiger partial charge in [-0.25, -0.2) is 0 Å². The number of hydrogen-bond acceptors (Lipinski definition) is 2. The molecule has 0 saturated heterocycles. The first-order valence-electron chi connectivity index (χ1n) is 7.74. The van der Waals surface area contributed by atoms with Crippen molar-refractivity contribution in [1.29, 1.82) is 0 Å². The van der Waals surface area contributed by atoms with E-state index in [0.29, 0.717) is 5.56 Å². The molecule has 1 fully saturated rings. The molecular weight excluding hydrogens is 264 g/mol. The Morgan fingerprint density at radius 1 is 1.33 bits per heavy atom. The van der Waals surface area contributed by atoms with Gasteiger partial charge in [0.25, 0.3) is 11.8 Å². The smallest absolute Gasteiger partial charge is 0.254 e. The first kappa shape index (κ1) is 14.1. The number of fused-ring (bicyclic) bond motifs is 1. The summed E-state index contributed by atoms with van der Waals surface area (Å²) >= 11 is 0. The monoisotopic (exact) mass is 286 g/mol. The van der Waals surface area contributed by atoms with Crippen LogP contribution in [0.3, 0.4) is 0 Å². The quantitative estimate of drug-likeness (QED) is 0.929. The molecule has 0 bridgehead atoms. The van der Waals surface area contributed by atoms with Crippen LogP contribution in [-0.4, -0.2) is 23.4 Å². The van der Waals surface area contributed by atoms with Crippen molar-refractivity contribution in [2.45, 2.75) is 51.6 Å². The Hall–Kier alpha value is -1.84. The average Bonchev–Trinajstić information content (AvgIpc) is 3.31. The molecule has 1 saturated carbocycles. The van der Waals surface area contributed by atoms with Gasteiger partial charge in [0.05, 0.1) is 11.3 Å². The highest BCUT2D eigenvalue weighted by molar-refractivity contribution is 6.13. The molecule has 1 aromatic rings. The molecule has 1 heterocycles. The maximum Gasteiger partial charge on any atom is 0.254 e. The van der Waals surface area contributed by atoms with E-state index >= 15 is 0 Å². The summed E-state index contributed by atoms with van der Waals surface area (Å²) in [6.07, 6.45) is 2.87. The summed E-state index contributed by atoms with van der Waals surface area (Å²) in [5.74, 6) is 0.145. The highest BCUT2D eigenvalue weighted by Gasteiger charge is 2.52. The lowest BCUT2D eigenvalue weighted by Gasteiger charge is -2.35. The van der Waals surface area contributed by atoms with Crippen molar-refractivity contribution in [3.63, 3.8) is 0 Å². The Balaban J connectivity index is 2.15. The van der Waals surface area contributed by atoms with Gasteiger partial charge in [0.2, 0.25) is 0 Å². The van der Waals surface area contributed by atoms with Crippen LogP contribution >= 0.6 is 0 Å². The second kappa shape index (κ2) is 4.86. The average molecular weight is 286 g/mol. The summed E-state index contributed by atoms with van der Waals surface area (Å²) in [5.41, 5.74) is 0.550. The van der Waals surface area contributed by atoms with Crippen molar-refractivity contribution < 1.29 is 9.59 Å². The van der Waals surface area contributed by atoms with Gasteiger partial charge >= 0.3 is 0 Å². The normalized spacial score (nSPS) is 26.9. The van der Waals surface area contributed by atoms with Gasteiger partial charge in [-0.1, -0.05) is 19.1 Å². The van der Waals surface area contributed by atoms with Crippen LogP contribution in [0.1, 0.15) is 50.4 Å². The number of anilines is 1. The van der Waals surface area contributed by atoms with Crippen LogP contribution in [0.2, 0.25) is 0 Å². The van der Waals surface area contributed by atoms with Gasteiger partial charge in [0.1, 0.15) is 5.54 Å². The van der Waals surface area contributed by atoms with E-state index in [9.17, 15) is 9.59 Å². The number of para-hydroxylation sites is 1. The Labute approximate surface area is 125 Å². The van der Waals surface area contributed by atoms with Gasteiger partial charge in [-0.3, -0.25) is 9.59 Å². The molecule has 1 aliphatic carbocycles. The Bertz CT molecular complexity index is 594. The zero-order valence-electron chi connectivity index (χ0n) is 12.8. The van der Waals surface area contributed by atoms with Gasteiger partial charge in [-0.15, -0.1) is 0 Å². The summed E-state index contributed by atoms with van der Waals surface area (Å²) < 4.78 is 0. The lowest BCUT2D eigenvalue weighted by molar-refractivity contribution is -0.125. The van der Waals surface area contributed by atoms with Crippen LogP contribution in [0.15, 0.2) is 24.3 Å². The summed E-state index contributed by atoms with van der Waals surface area (Å²) in [5, 5.41) is 3.00. The molecule has 4 heteroatoms. The van der Waals surface area contributed by atoms with Gasteiger partial charge in [-0.2, -0.15) is 0 Å². The van der Waals surface area contributed by atoms with Gasteiger partial charge < -0.3 is 10.2 Å². The first-order valence-corrected chi connectivity index (χ1v) is 7.74. The molecule has 2 aliphatic rings. The summed E-state index contributed by atoms with van der Waals surface area (Å²) in [6.45, 7) is 5.99. The number of nitrogens with zero attached hydrogens (tertiary/aromatic N) is 1. The minimum absolute atomic E-state index is 0.0256. The molecule has 1 N–H and O–H groups in total. The fourth-order valence-corrected chi connectivity index (χ4v) is 3.15. The highest BCUT2D eigenvalue weighted by Crippen LogP contribution is 2.43. The molecule has 21 heavy (non-hydrogen) atoms. The van der Waals surface area contributed by atoms with Crippen molar-refractivity contribution in [3.05, 3.63) is 29.8 Å². The van der Waals surface area contributed by atoms with E-state index in [1.54, 1.807) is 6.07 Å². The standard InChI is InChI=1S/C17H22N2O2/c1-4-11(2)19-14-8-6-5-7-13(14)15(20)18-17(3,16(19)21)12-9-10-12/h5-8,11-12H,4,9-10H2,1-3H3,(H,18,20). The van der Waals surface area contributed by atoms with E-state index in [1.165, 1.54) is 0 Å².